The molecule has 6 heteroatoms. The van der Waals surface area contributed by atoms with Crippen LogP contribution in [0.1, 0.15) is 272 Å². The Morgan fingerprint density at radius 1 is 0.339 bits per heavy atom. The van der Waals surface area contributed by atoms with Crippen molar-refractivity contribution in [2.75, 3.05) is 13.2 Å². The first-order valence-electron chi connectivity index (χ1n) is 24.7. The van der Waals surface area contributed by atoms with Gasteiger partial charge in [-0.3, -0.25) is 14.4 Å². The number of carbonyl (C=O) groups excluding carboxylic acids is 3. The van der Waals surface area contributed by atoms with E-state index in [-0.39, 0.29) is 31.1 Å². The predicted octanol–water partition coefficient (Wildman–Crippen LogP) is 15.8. The van der Waals surface area contributed by atoms with E-state index in [9.17, 15) is 14.4 Å². The summed E-state index contributed by atoms with van der Waals surface area (Å²) in [6.07, 6.45) is 42.5. The molecule has 0 radical (unpaired) electrons. The van der Waals surface area contributed by atoms with E-state index in [1.807, 2.05) is 0 Å². The highest BCUT2D eigenvalue weighted by Gasteiger charge is 2.19. The number of carbonyl (C=O) groups is 3. The molecular formula is C50H96O6. The second-order valence-corrected chi connectivity index (χ2v) is 18.1. The van der Waals surface area contributed by atoms with Crippen LogP contribution in [0.2, 0.25) is 0 Å². The molecular weight excluding hydrogens is 697 g/mol. The van der Waals surface area contributed by atoms with E-state index in [4.69, 9.17) is 14.2 Å². The highest BCUT2D eigenvalue weighted by atomic mass is 16.6. The van der Waals surface area contributed by atoms with Crippen molar-refractivity contribution in [3.05, 3.63) is 0 Å². The molecule has 0 rings (SSSR count). The topological polar surface area (TPSA) is 78.9 Å². The fraction of sp³-hybridized carbons (Fsp3) is 0.940. The largest absolute Gasteiger partial charge is 0.462 e. The lowest BCUT2D eigenvalue weighted by molar-refractivity contribution is -0.167. The van der Waals surface area contributed by atoms with Gasteiger partial charge >= 0.3 is 17.9 Å². The molecule has 332 valence electrons. The summed E-state index contributed by atoms with van der Waals surface area (Å²) in [6.45, 7) is 11.3. The van der Waals surface area contributed by atoms with Gasteiger partial charge < -0.3 is 14.2 Å². The number of ether oxygens (including phenoxy) is 3. The zero-order valence-electron chi connectivity index (χ0n) is 38.3. The van der Waals surface area contributed by atoms with Crippen molar-refractivity contribution in [3.63, 3.8) is 0 Å². The molecule has 1 atom stereocenters. The fourth-order valence-electron chi connectivity index (χ4n) is 7.46. The van der Waals surface area contributed by atoms with Gasteiger partial charge in [0.1, 0.15) is 13.2 Å². The Labute approximate surface area is 348 Å². The minimum Gasteiger partial charge on any atom is -0.462 e. The van der Waals surface area contributed by atoms with Crippen molar-refractivity contribution in [1.82, 2.24) is 0 Å². The minimum absolute atomic E-state index is 0.0649. The lowest BCUT2D eigenvalue weighted by Crippen LogP contribution is -2.30. The minimum atomic E-state index is -0.761. The zero-order chi connectivity index (χ0) is 41.2. The predicted molar refractivity (Wildman–Crippen MR) is 238 cm³/mol. The van der Waals surface area contributed by atoms with E-state index in [1.165, 1.54) is 161 Å². The molecule has 56 heavy (non-hydrogen) atoms. The quantitative estimate of drug-likeness (QED) is 0.0347. The van der Waals surface area contributed by atoms with Crippen LogP contribution in [0.4, 0.5) is 0 Å². The third kappa shape index (κ3) is 43.5. The molecule has 0 fully saturated rings. The third-order valence-electron chi connectivity index (χ3n) is 11.2. The Kier molecular flexibility index (Phi) is 41.8. The molecule has 0 aromatic heterocycles. The van der Waals surface area contributed by atoms with Crippen LogP contribution in [0.25, 0.3) is 0 Å². The lowest BCUT2D eigenvalue weighted by Gasteiger charge is -2.18. The average molecular weight is 793 g/mol. The summed E-state index contributed by atoms with van der Waals surface area (Å²) in [6, 6.07) is 0. The van der Waals surface area contributed by atoms with Crippen LogP contribution >= 0.6 is 0 Å². The van der Waals surface area contributed by atoms with Crippen LogP contribution in [0.15, 0.2) is 0 Å². The Hall–Kier alpha value is -1.59. The van der Waals surface area contributed by atoms with Gasteiger partial charge in [0.15, 0.2) is 6.10 Å². The van der Waals surface area contributed by atoms with Crippen LogP contribution in [-0.2, 0) is 28.6 Å². The van der Waals surface area contributed by atoms with Crippen molar-refractivity contribution in [2.45, 2.75) is 278 Å². The normalized spacial score (nSPS) is 12.1. The molecule has 6 nitrogen and oxygen atoms in total. The van der Waals surface area contributed by atoms with Gasteiger partial charge in [0, 0.05) is 19.3 Å². The highest BCUT2D eigenvalue weighted by molar-refractivity contribution is 5.71. The zero-order valence-corrected chi connectivity index (χ0v) is 38.3. The molecule has 0 aromatic carbocycles. The van der Waals surface area contributed by atoms with E-state index >= 15 is 0 Å². The van der Waals surface area contributed by atoms with Crippen LogP contribution < -0.4 is 0 Å². The summed E-state index contributed by atoms with van der Waals surface area (Å²) >= 11 is 0. The molecule has 0 aliphatic carbocycles. The summed E-state index contributed by atoms with van der Waals surface area (Å²) in [7, 11) is 0. The van der Waals surface area contributed by atoms with E-state index in [1.54, 1.807) is 0 Å². The number of hydrogen-bond donors (Lipinski definition) is 0. The van der Waals surface area contributed by atoms with Crippen LogP contribution in [0.5, 0.6) is 0 Å². The number of hydrogen-bond acceptors (Lipinski definition) is 6. The van der Waals surface area contributed by atoms with Gasteiger partial charge in [-0.15, -0.1) is 0 Å². The monoisotopic (exact) mass is 793 g/mol. The lowest BCUT2D eigenvalue weighted by atomic mass is 10.0. The standard InChI is InChI=1S/C50H96O6/c1-6-7-8-9-10-11-21-24-30-35-40-48(51)54-43-47(44-55-49(52)41-36-31-27-26-29-34-39-46(4)5)56-50(53)42-37-32-25-22-19-17-15-13-12-14-16-18-20-23-28-33-38-45(2)3/h45-47H,6-44H2,1-5H3/t47-/m0/s1. The molecule has 0 amide bonds. The van der Waals surface area contributed by atoms with Crippen molar-refractivity contribution in [3.8, 4) is 0 Å². The molecule has 0 unspecified atom stereocenters. The first kappa shape index (κ1) is 54.4. The van der Waals surface area contributed by atoms with E-state index in [0.29, 0.717) is 19.3 Å². The van der Waals surface area contributed by atoms with E-state index in [2.05, 4.69) is 34.6 Å². The van der Waals surface area contributed by atoms with Gasteiger partial charge in [-0.1, -0.05) is 234 Å². The Balaban J connectivity index is 4.22. The van der Waals surface area contributed by atoms with Gasteiger partial charge in [-0.05, 0) is 31.1 Å². The SMILES string of the molecule is CCCCCCCCCCCCC(=O)OC[C@@H](COC(=O)CCCCCCCCC(C)C)OC(=O)CCCCCCCCCCCCCCCCCCC(C)C. The molecule has 0 saturated carbocycles. The van der Waals surface area contributed by atoms with Gasteiger partial charge in [-0.25, -0.2) is 0 Å². The van der Waals surface area contributed by atoms with Crippen LogP contribution in [0.3, 0.4) is 0 Å². The second-order valence-electron chi connectivity index (χ2n) is 18.1. The highest BCUT2D eigenvalue weighted by Crippen LogP contribution is 2.17. The van der Waals surface area contributed by atoms with Gasteiger partial charge in [0.05, 0.1) is 0 Å². The summed E-state index contributed by atoms with van der Waals surface area (Å²) in [5.41, 5.74) is 0. The maximum atomic E-state index is 12.7. The van der Waals surface area contributed by atoms with E-state index < -0.39 is 6.10 Å². The fourth-order valence-corrected chi connectivity index (χ4v) is 7.46. The van der Waals surface area contributed by atoms with Crippen LogP contribution in [0, 0.1) is 11.8 Å². The maximum absolute atomic E-state index is 12.7. The Morgan fingerprint density at radius 2 is 0.589 bits per heavy atom. The third-order valence-corrected chi connectivity index (χ3v) is 11.2. The molecule has 0 saturated heterocycles. The van der Waals surface area contributed by atoms with Crippen LogP contribution in [-0.4, -0.2) is 37.2 Å². The first-order chi connectivity index (χ1) is 27.2. The maximum Gasteiger partial charge on any atom is 0.306 e. The molecule has 0 bridgehead atoms. The molecule has 0 spiro atoms. The summed E-state index contributed by atoms with van der Waals surface area (Å²) in [5, 5.41) is 0. The molecule has 0 aliphatic rings. The Bertz CT molecular complexity index is 854. The van der Waals surface area contributed by atoms with Gasteiger partial charge in [0.25, 0.3) is 0 Å². The first-order valence-corrected chi connectivity index (χ1v) is 24.7. The number of esters is 3. The summed E-state index contributed by atoms with van der Waals surface area (Å²) in [5.74, 6) is 0.758. The van der Waals surface area contributed by atoms with Crippen molar-refractivity contribution in [2.24, 2.45) is 11.8 Å². The van der Waals surface area contributed by atoms with Crippen molar-refractivity contribution in [1.29, 1.82) is 0 Å². The average Bonchev–Trinajstić information content (AvgIpc) is 3.16. The number of unbranched alkanes of at least 4 members (excludes halogenated alkanes) is 29. The van der Waals surface area contributed by atoms with Crippen molar-refractivity contribution >= 4 is 17.9 Å². The van der Waals surface area contributed by atoms with Gasteiger partial charge in [-0.2, -0.15) is 0 Å². The number of rotatable bonds is 44. The smallest absolute Gasteiger partial charge is 0.306 e. The molecule has 0 N–H and O–H groups in total. The molecule has 0 aliphatic heterocycles. The Morgan fingerprint density at radius 3 is 0.875 bits per heavy atom. The van der Waals surface area contributed by atoms with Crippen molar-refractivity contribution < 1.29 is 28.6 Å². The molecule has 0 heterocycles. The summed E-state index contributed by atoms with van der Waals surface area (Å²) < 4.78 is 16.7. The van der Waals surface area contributed by atoms with E-state index in [0.717, 1.165) is 69.6 Å². The van der Waals surface area contributed by atoms with Gasteiger partial charge in [0.2, 0.25) is 0 Å². The molecule has 0 aromatic rings. The summed E-state index contributed by atoms with van der Waals surface area (Å²) in [4.78, 5) is 37.7. The second kappa shape index (κ2) is 43.0.